The lowest BCUT2D eigenvalue weighted by Crippen LogP contribution is -2.45. The zero-order valence-electron chi connectivity index (χ0n) is 17.7. The Morgan fingerprint density at radius 2 is 1.97 bits per heavy atom. The second kappa shape index (κ2) is 11.3. The van der Waals surface area contributed by atoms with Gasteiger partial charge in [0.15, 0.2) is 10.6 Å². The van der Waals surface area contributed by atoms with E-state index in [1.54, 1.807) is 18.6 Å². The van der Waals surface area contributed by atoms with Crippen molar-refractivity contribution in [2.24, 2.45) is 5.92 Å². The van der Waals surface area contributed by atoms with E-state index in [0.717, 1.165) is 11.3 Å². The molecule has 1 heterocycles. The SMILES string of the molecule is CCOC(=O)NC(CNC(=O)Cn1c(-c2ccc(OC)cc2)n[nH]c1=S)CC(C)C. The van der Waals surface area contributed by atoms with Crippen LogP contribution in [0.1, 0.15) is 27.2 Å². The summed E-state index contributed by atoms with van der Waals surface area (Å²) < 4.78 is 12.1. The van der Waals surface area contributed by atoms with Crippen LogP contribution in [0.4, 0.5) is 4.79 Å². The fraction of sp³-hybridized carbons (Fsp3) is 0.500. The van der Waals surface area contributed by atoms with Crippen LogP contribution in [0, 0.1) is 10.7 Å². The number of hydrogen-bond donors (Lipinski definition) is 3. The quantitative estimate of drug-likeness (QED) is 0.495. The van der Waals surface area contributed by atoms with E-state index in [9.17, 15) is 9.59 Å². The molecule has 2 amide bonds. The molecule has 1 atom stereocenters. The van der Waals surface area contributed by atoms with Gasteiger partial charge in [-0.15, -0.1) is 0 Å². The number of ether oxygens (including phenoxy) is 2. The van der Waals surface area contributed by atoms with E-state index in [4.69, 9.17) is 21.7 Å². The highest BCUT2D eigenvalue weighted by Crippen LogP contribution is 2.20. The highest BCUT2D eigenvalue weighted by Gasteiger charge is 2.17. The fourth-order valence-electron chi connectivity index (χ4n) is 2.96. The molecule has 0 radical (unpaired) electrons. The zero-order valence-corrected chi connectivity index (χ0v) is 18.5. The van der Waals surface area contributed by atoms with Crippen molar-refractivity contribution >= 4 is 24.2 Å². The molecule has 0 aliphatic heterocycles. The number of methoxy groups -OCH3 is 1. The van der Waals surface area contributed by atoms with Crippen LogP contribution in [0.25, 0.3) is 11.4 Å². The number of carbonyl (C=O) groups is 2. The Balaban J connectivity index is 2.03. The molecule has 1 unspecified atom stereocenters. The van der Waals surface area contributed by atoms with E-state index < -0.39 is 6.09 Å². The van der Waals surface area contributed by atoms with Gasteiger partial charge < -0.3 is 20.1 Å². The van der Waals surface area contributed by atoms with Crippen molar-refractivity contribution in [1.82, 2.24) is 25.4 Å². The van der Waals surface area contributed by atoms with E-state index >= 15 is 0 Å². The van der Waals surface area contributed by atoms with Crippen molar-refractivity contribution in [3.8, 4) is 17.1 Å². The fourth-order valence-corrected chi connectivity index (χ4v) is 3.16. The van der Waals surface area contributed by atoms with Crippen LogP contribution in [0.15, 0.2) is 24.3 Å². The molecule has 0 spiro atoms. The topological polar surface area (TPSA) is 110 Å². The Hall–Kier alpha value is -2.88. The Kier molecular flexibility index (Phi) is 8.85. The maximum absolute atomic E-state index is 12.6. The number of aromatic amines is 1. The molecule has 0 fully saturated rings. The summed E-state index contributed by atoms with van der Waals surface area (Å²) in [6.45, 7) is 6.43. The average molecular weight is 436 g/mol. The molecule has 0 aliphatic carbocycles. The van der Waals surface area contributed by atoms with E-state index in [-0.39, 0.29) is 18.5 Å². The van der Waals surface area contributed by atoms with Crippen molar-refractivity contribution in [2.75, 3.05) is 20.3 Å². The van der Waals surface area contributed by atoms with E-state index in [1.165, 1.54) is 0 Å². The summed E-state index contributed by atoms with van der Waals surface area (Å²) in [6, 6.07) is 7.09. The Morgan fingerprint density at radius 1 is 1.27 bits per heavy atom. The predicted molar refractivity (Wildman–Crippen MR) is 116 cm³/mol. The second-order valence-corrected chi connectivity index (χ2v) is 7.55. The van der Waals surface area contributed by atoms with Crippen LogP contribution in [0.5, 0.6) is 5.75 Å². The number of rotatable bonds is 10. The molecule has 10 heteroatoms. The van der Waals surface area contributed by atoms with Crippen molar-refractivity contribution in [1.29, 1.82) is 0 Å². The molecule has 2 aromatic rings. The number of alkyl carbamates (subject to hydrolysis) is 1. The number of nitrogens with zero attached hydrogens (tertiary/aromatic N) is 2. The number of amides is 2. The van der Waals surface area contributed by atoms with Crippen molar-refractivity contribution in [3.05, 3.63) is 29.0 Å². The first-order chi connectivity index (χ1) is 14.3. The molecule has 0 saturated heterocycles. The van der Waals surface area contributed by atoms with Crippen molar-refractivity contribution in [2.45, 2.75) is 39.8 Å². The van der Waals surface area contributed by atoms with Crippen molar-refractivity contribution < 1.29 is 19.1 Å². The normalized spacial score (nSPS) is 11.8. The number of aromatic nitrogens is 3. The molecule has 0 aliphatic rings. The van der Waals surface area contributed by atoms with Gasteiger partial charge in [0.2, 0.25) is 5.91 Å². The molecule has 2 rings (SSSR count). The molecular weight excluding hydrogens is 406 g/mol. The third-order valence-corrected chi connectivity index (χ3v) is 4.62. The minimum absolute atomic E-state index is 0.00447. The summed E-state index contributed by atoms with van der Waals surface area (Å²) in [6.07, 6.45) is 0.220. The molecule has 1 aromatic heterocycles. The highest BCUT2D eigenvalue weighted by atomic mass is 32.1. The summed E-state index contributed by atoms with van der Waals surface area (Å²) in [5, 5.41) is 12.6. The predicted octanol–water partition coefficient (Wildman–Crippen LogP) is 2.89. The van der Waals surface area contributed by atoms with Crippen LogP contribution >= 0.6 is 12.2 Å². The first-order valence-electron chi connectivity index (χ1n) is 9.83. The van der Waals surface area contributed by atoms with E-state index in [2.05, 4.69) is 20.8 Å². The molecule has 30 heavy (non-hydrogen) atoms. The molecule has 3 N–H and O–H groups in total. The van der Waals surface area contributed by atoms with E-state index in [1.807, 2.05) is 38.1 Å². The first-order valence-corrected chi connectivity index (χ1v) is 10.2. The van der Waals surface area contributed by atoms with Crippen LogP contribution in [-0.4, -0.2) is 53.1 Å². The van der Waals surface area contributed by atoms with Crippen LogP contribution in [0.3, 0.4) is 0 Å². The highest BCUT2D eigenvalue weighted by molar-refractivity contribution is 7.71. The smallest absolute Gasteiger partial charge is 0.407 e. The van der Waals surface area contributed by atoms with Gasteiger partial charge in [-0.3, -0.25) is 14.5 Å². The molecular formula is C20H29N5O4S. The first kappa shape index (κ1) is 23.4. The monoisotopic (exact) mass is 435 g/mol. The number of benzene rings is 1. The maximum Gasteiger partial charge on any atom is 0.407 e. The summed E-state index contributed by atoms with van der Waals surface area (Å²) in [7, 11) is 1.60. The summed E-state index contributed by atoms with van der Waals surface area (Å²) in [4.78, 5) is 24.3. The lowest BCUT2D eigenvalue weighted by Gasteiger charge is -2.21. The van der Waals surface area contributed by atoms with Gasteiger partial charge in [0, 0.05) is 18.2 Å². The van der Waals surface area contributed by atoms with Crippen molar-refractivity contribution in [3.63, 3.8) is 0 Å². The number of carbonyl (C=O) groups excluding carboxylic acids is 2. The minimum atomic E-state index is -0.490. The Morgan fingerprint density at radius 3 is 2.57 bits per heavy atom. The maximum atomic E-state index is 12.6. The lowest BCUT2D eigenvalue weighted by molar-refractivity contribution is -0.121. The van der Waals surface area contributed by atoms with Gasteiger partial charge in [0.25, 0.3) is 0 Å². The van der Waals surface area contributed by atoms with Crippen LogP contribution < -0.4 is 15.4 Å². The third-order valence-electron chi connectivity index (χ3n) is 4.31. The summed E-state index contributed by atoms with van der Waals surface area (Å²) in [5.74, 6) is 1.39. The minimum Gasteiger partial charge on any atom is -0.497 e. The summed E-state index contributed by atoms with van der Waals surface area (Å²) in [5.41, 5.74) is 0.803. The van der Waals surface area contributed by atoms with Gasteiger partial charge in [-0.25, -0.2) is 4.79 Å². The molecule has 1 aromatic carbocycles. The van der Waals surface area contributed by atoms with E-state index in [0.29, 0.717) is 36.1 Å². The largest absolute Gasteiger partial charge is 0.497 e. The number of nitrogens with one attached hydrogen (secondary N) is 3. The van der Waals surface area contributed by atoms with Gasteiger partial charge in [0.05, 0.1) is 13.7 Å². The Labute approximate surface area is 181 Å². The third kappa shape index (κ3) is 6.87. The van der Waals surface area contributed by atoms with Gasteiger partial charge in [-0.1, -0.05) is 13.8 Å². The molecule has 9 nitrogen and oxygen atoms in total. The zero-order chi connectivity index (χ0) is 22.1. The van der Waals surface area contributed by atoms with Crippen LogP contribution in [-0.2, 0) is 16.1 Å². The molecule has 0 bridgehead atoms. The Bertz CT molecular complexity index is 891. The van der Waals surface area contributed by atoms with Gasteiger partial charge in [-0.05, 0) is 55.7 Å². The van der Waals surface area contributed by atoms with Crippen LogP contribution in [0.2, 0.25) is 0 Å². The lowest BCUT2D eigenvalue weighted by atomic mass is 10.0. The van der Waals surface area contributed by atoms with Gasteiger partial charge in [-0.2, -0.15) is 5.10 Å². The standard InChI is InChI=1S/C20H29N5O4S/c1-5-29-20(27)22-15(10-13(2)3)11-21-17(26)12-25-18(23-24-19(25)30)14-6-8-16(28-4)9-7-14/h6-9,13,15H,5,10-12H2,1-4H3,(H,21,26)(H,22,27)(H,24,30). The summed E-state index contributed by atoms with van der Waals surface area (Å²) >= 11 is 5.29. The molecule has 0 saturated carbocycles. The number of hydrogen-bond acceptors (Lipinski definition) is 6. The van der Waals surface area contributed by atoms with Gasteiger partial charge in [0.1, 0.15) is 12.3 Å². The van der Waals surface area contributed by atoms with Gasteiger partial charge >= 0.3 is 6.09 Å². The molecule has 164 valence electrons. The average Bonchev–Trinajstić information content (AvgIpc) is 3.06. The number of H-pyrrole nitrogens is 1. The second-order valence-electron chi connectivity index (χ2n) is 7.16.